The molecule has 0 aromatic heterocycles. The summed E-state index contributed by atoms with van der Waals surface area (Å²) in [6.07, 6.45) is -0.556. The first-order valence-electron chi connectivity index (χ1n) is 8.06. The van der Waals surface area contributed by atoms with Crippen molar-refractivity contribution >= 4 is 21.9 Å². The van der Waals surface area contributed by atoms with E-state index < -0.39 is 6.42 Å². The van der Waals surface area contributed by atoms with Gasteiger partial charge in [-0.2, -0.15) is 0 Å². The maximum absolute atomic E-state index is 6.27. The molecule has 0 aliphatic rings. The predicted molar refractivity (Wildman–Crippen MR) is 105 cm³/mol. The summed E-state index contributed by atoms with van der Waals surface area (Å²) < 4.78 is 12.5. The molecule has 0 saturated carbocycles. The molecular weight excluding hydrogens is 371 g/mol. The molecule has 126 valence electrons. The van der Waals surface area contributed by atoms with Crippen LogP contribution in [0.25, 0.3) is 0 Å². The van der Waals surface area contributed by atoms with E-state index in [4.69, 9.17) is 9.05 Å². The molecule has 2 nitrogen and oxygen atoms in total. The zero-order valence-electron chi connectivity index (χ0n) is 14.3. The van der Waals surface area contributed by atoms with E-state index in [2.05, 4.69) is 67.4 Å². The molecule has 0 atom stereocenters. The summed E-state index contributed by atoms with van der Waals surface area (Å²) in [5, 5.41) is 0. The number of aryl methyl sites for hydroxylation is 2. The van der Waals surface area contributed by atoms with Gasteiger partial charge in [-0.15, -0.1) is 0 Å². The molecule has 0 N–H and O–H groups in total. The molecule has 0 fully saturated rings. The van der Waals surface area contributed by atoms with Gasteiger partial charge in [0.1, 0.15) is 0 Å². The van der Waals surface area contributed by atoms with Crippen molar-refractivity contribution in [2.75, 3.05) is 6.16 Å². The SMILES string of the molecule is Cc1ccc(O[PH](Br)(CCC(C)C)Oc2ccc(C)cc2)cc1. The Morgan fingerprint density at radius 1 is 0.826 bits per heavy atom. The van der Waals surface area contributed by atoms with Gasteiger partial charge in [0.15, 0.2) is 0 Å². The van der Waals surface area contributed by atoms with Gasteiger partial charge < -0.3 is 0 Å². The molecule has 0 bridgehead atoms. The summed E-state index contributed by atoms with van der Waals surface area (Å²) >= 11 is 3.82. The molecule has 0 unspecified atom stereocenters. The van der Waals surface area contributed by atoms with Crippen molar-refractivity contribution in [3.8, 4) is 11.5 Å². The Kier molecular flexibility index (Phi) is 6.50. The Morgan fingerprint density at radius 2 is 1.22 bits per heavy atom. The molecule has 0 aliphatic heterocycles. The van der Waals surface area contributed by atoms with Gasteiger partial charge in [-0.3, -0.25) is 0 Å². The second-order valence-electron chi connectivity index (χ2n) is 6.42. The van der Waals surface area contributed by atoms with Crippen LogP contribution in [0.3, 0.4) is 0 Å². The summed E-state index contributed by atoms with van der Waals surface area (Å²) in [5.41, 5.74) is 2.45. The minimum atomic E-state index is -2.52. The Morgan fingerprint density at radius 3 is 1.57 bits per heavy atom. The fraction of sp³-hybridized carbons (Fsp3) is 0.368. The zero-order valence-corrected chi connectivity index (χ0v) is 16.9. The number of halogens is 1. The van der Waals surface area contributed by atoms with Crippen molar-refractivity contribution in [2.24, 2.45) is 5.92 Å². The summed E-state index contributed by atoms with van der Waals surface area (Å²) in [7, 11) is 0. The van der Waals surface area contributed by atoms with Crippen molar-refractivity contribution < 1.29 is 9.05 Å². The Bertz CT molecular complexity index is 561. The molecule has 0 aliphatic carbocycles. The van der Waals surface area contributed by atoms with Gasteiger partial charge >= 0.3 is 148 Å². The number of hydrogen-bond donors (Lipinski definition) is 0. The van der Waals surface area contributed by atoms with Crippen LogP contribution in [0.4, 0.5) is 0 Å². The van der Waals surface area contributed by atoms with Crippen molar-refractivity contribution in [3.05, 3.63) is 59.7 Å². The van der Waals surface area contributed by atoms with E-state index in [9.17, 15) is 0 Å². The van der Waals surface area contributed by atoms with Crippen molar-refractivity contribution in [1.82, 2.24) is 0 Å². The Balaban J connectivity index is 2.16. The third kappa shape index (κ3) is 6.16. The zero-order chi connectivity index (χ0) is 16.9. The second kappa shape index (κ2) is 8.17. The van der Waals surface area contributed by atoms with E-state index in [0.29, 0.717) is 5.92 Å². The van der Waals surface area contributed by atoms with E-state index in [1.165, 1.54) is 11.1 Å². The van der Waals surface area contributed by atoms with Crippen LogP contribution >= 0.6 is 21.9 Å². The topological polar surface area (TPSA) is 18.5 Å². The predicted octanol–water partition coefficient (Wildman–Crippen LogP) is 6.70. The first kappa shape index (κ1) is 18.3. The van der Waals surface area contributed by atoms with Gasteiger partial charge in [0.25, 0.3) is 0 Å². The molecule has 0 saturated heterocycles. The van der Waals surface area contributed by atoms with Gasteiger partial charge in [-0.25, -0.2) is 0 Å². The van der Waals surface area contributed by atoms with E-state index in [-0.39, 0.29) is 0 Å². The van der Waals surface area contributed by atoms with Crippen LogP contribution in [0.15, 0.2) is 48.5 Å². The molecule has 2 rings (SSSR count). The van der Waals surface area contributed by atoms with Crippen LogP contribution in [0.5, 0.6) is 11.5 Å². The third-order valence-corrected chi connectivity index (χ3v) is 7.73. The molecule has 0 radical (unpaired) electrons. The Hall–Kier alpha value is -1.05. The third-order valence-electron chi connectivity index (χ3n) is 3.60. The van der Waals surface area contributed by atoms with Crippen LogP contribution in [0.1, 0.15) is 31.4 Å². The van der Waals surface area contributed by atoms with Crippen LogP contribution in [0.2, 0.25) is 0 Å². The first-order chi connectivity index (χ1) is 10.9. The molecular formula is C19H26BrO2P. The van der Waals surface area contributed by atoms with Gasteiger partial charge in [0, 0.05) is 0 Å². The standard InChI is InChI=1S/C19H26BrO2P/c1-15(2)13-14-23(20,21-18-9-5-16(3)6-10-18)22-19-11-7-17(4)8-12-19/h5-12,15,23H,13-14H2,1-4H3. The maximum atomic E-state index is 6.27. The number of benzene rings is 2. The molecule has 0 amide bonds. The van der Waals surface area contributed by atoms with Gasteiger partial charge in [0.2, 0.25) is 0 Å². The van der Waals surface area contributed by atoms with Crippen molar-refractivity contribution in [1.29, 1.82) is 0 Å². The number of rotatable bonds is 7. The van der Waals surface area contributed by atoms with Crippen molar-refractivity contribution in [2.45, 2.75) is 34.1 Å². The molecule has 4 heteroatoms. The van der Waals surface area contributed by atoms with Crippen LogP contribution in [-0.2, 0) is 0 Å². The molecule has 23 heavy (non-hydrogen) atoms. The van der Waals surface area contributed by atoms with Crippen LogP contribution in [-0.4, -0.2) is 6.16 Å². The molecule has 2 aromatic rings. The Labute approximate surface area is 148 Å². The van der Waals surface area contributed by atoms with Gasteiger partial charge in [-0.05, 0) is 0 Å². The average molecular weight is 397 g/mol. The van der Waals surface area contributed by atoms with Gasteiger partial charge in [0.05, 0.1) is 0 Å². The fourth-order valence-corrected chi connectivity index (χ4v) is 6.10. The van der Waals surface area contributed by atoms with Crippen molar-refractivity contribution in [3.63, 3.8) is 0 Å². The second-order valence-corrected chi connectivity index (χ2v) is 12.3. The molecule has 0 heterocycles. The quantitative estimate of drug-likeness (QED) is 0.484. The monoisotopic (exact) mass is 396 g/mol. The summed E-state index contributed by atoms with van der Waals surface area (Å²) in [6.45, 7) is 8.59. The van der Waals surface area contributed by atoms with E-state index in [1.54, 1.807) is 0 Å². The molecule has 2 aromatic carbocycles. The van der Waals surface area contributed by atoms with E-state index in [0.717, 1.165) is 24.1 Å². The summed E-state index contributed by atoms with van der Waals surface area (Å²) in [5.74, 6) is 2.33. The molecule has 0 spiro atoms. The number of hydrogen-bond acceptors (Lipinski definition) is 2. The first-order valence-corrected chi connectivity index (χ1v) is 12.3. The normalized spacial score (nSPS) is 12.3. The minimum absolute atomic E-state index is 0.614. The van der Waals surface area contributed by atoms with E-state index >= 15 is 0 Å². The average Bonchev–Trinajstić information content (AvgIpc) is 2.50. The van der Waals surface area contributed by atoms with Gasteiger partial charge in [-0.1, -0.05) is 0 Å². The fourth-order valence-electron chi connectivity index (χ4n) is 2.15. The van der Waals surface area contributed by atoms with Crippen LogP contribution in [0, 0.1) is 19.8 Å². The van der Waals surface area contributed by atoms with E-state index in [1.807, 2.05) is 24.3 Å². The summed E-state index contributed by atoms with van der Waals surface area (Å²) in [4.78, 5) is 0. The van der Waals surface area contributed by atoms with Crippen LogP contribution < -0.4 is 9.05 Å². The summed E-state index contributed by atoms with van der Waals surface area (Å²) in [6, 6.07) is 16.3.